The molecular weight excluding hydrogens is 347 g/mol. The van der Waals surface area contributed by atoms with Gasteiger partial charge in [0.2, 0.25) is 5.95 Å². The number of nitrogens with one attached hydrogen (secondary N) is 2. The zero-order chi connectivity index (χ0) is 18.6. The number of aromatic amines is 1. The molecule has 0 aliphatic carbocycles. The second kappa shape index (κ2) is 7.55. The molecule has 4 aromatic rings. The van der Waals surface area contributed by atoms with E-state index in [2.05, 4.69) is 20.5 Å². The number of nitrogens with zero attached hydrogens (tertiary/aromatic N) is 4. The number of aromatic nitrogens is 5. The summed E-state index contributed by atoms with van der Waals surface area (Å²) in [7, 11) is 0. The lowest BCUT2D eigenvalue weighted by Gasteiger charge is -2.17. The molecule has 27 heavy (non-hydrogen) atoms. The van der Waals surface area contributed by atoms with Crippen molar-refractivity contribution in [1.82, 2.24) is 24.6 Å². The lowest BCUT2D eigenvalue weighted by Crippen LogP contribution is -2.12. The summed E-state index contributed by atoms with van der Waals surface area (Å²) >= 11 is 0. The average molecular weight is 366 g/mol. The molecule has 138 valence electrons. The van der Waals surface area contributed by atoms with Crippen molar-refractivity contribution < 1.29 is 9.50 Å². The Morgan fingerprint density at radius 2 is 2.00 bits per heavy atom. The van der Waals surface area contributed by atoms with Crippen LogP contribution in [0.1, 0.15) is 30.1 Å². The number of fused-ring (bicyclic) bond motifs is 1. The first-order valence-corrected chi connectivity index (χ1v) is 8.72. The van der Waals surface area contributed by atoms with Crippen molar-refractivity contribution in [2.45, 2.75) is 18.8 Å². The van der Waals surface area contributed by atoms with Crippen LogP contribution >= 0.6 is 0 Å². The monoisotopic (exact) mass is 366 g/mol. The van der Waals surface area contributed by atoms with Crippen LogP contribution in [0.4, 0.5) is 16.2 Å². The number of hydrogen-bond acceptors (Lipinski definition) is 5. The summed E-state index contributed by atoms with van der Waals surface area (Å²) in [5.41, 5.74) is 1.66. The number of halogens is 1. The van der Waals surface area contributed by atoms with Gasteiger partial charge in [-0.15, -0.1) is 0 Å². The van der Waals surface area contributed by atoms with E-state index in [4.69, 9.17) is 4.98 Å². The van der Waals surface area contributed by atoms with Crippen molar-refractivity contribution in [2.24, 2.45) is 0 Å². The highest BCUT2D eigenvalue weighted by Gasteiger charge is 2.20. The molecule has 1 aromatic carbocycles. The maximum absolute atomic E-state index is 13.4. The second-order valence-corrected chi connectivity index (χ2v) is 6.21. The van der Waals surface area contributed by atoms with Crippen LogP contribution in [0, 0.1) is 5.82 Å². The fraction of sp³-hybridized carbons (Fsp3) is 0.211. The molecule has 0 bridgehead atoms. The lowest BCUT2D eigenvalue weighted by molar-refractivity contribution is 0.281. The Morgan fingerprint density at radius 3 is 2.74 bits per heavy atom. The number of benzene rings is 1. The topological polar surface area (TPSA) is 91.1 Å². The standard InChI is InChI=1S/C19H19FN6O/c20-14-7-5-13(6-8-14)15(3-2-12-27)18-23-17-4-1-11-26(17)19(24-18)22-16-9-10-21-25-16/h1,4-11,15,27H,2-3,12H2,(H2,21,22,23,24,25). The highest BCUT2D eigenvalue weighted by Crippen LogP contribution is 2.29. The lowest BCUT2D eigenvalue weighted by atomic mass is 9.93. The van der Waals surface area contributed by atoms with Crippen LogP contribution < -0.4 is 5.32 Å². The molecular formula is C19H19FN6O. The zero-order valence-corrected chi connectivity index (χ0v) is 14.5. The number of aliphatic hydroxyl groups excluding tert-OH is 1. The summed E-state index contributed by atoms with van der Waals surface area (Å²) in [5.74, 6) is 1.48. The molecule has 0 aliphatic heterocycles. The van der Waals surface area contributed by atoms with Crippen LogP contribution in [-0.4, -0.2) is 36.3 Å². The van der Waals surface area contributed by atoms with E-state index in [-0.39, 0.29) is 18.3 Å². The Balaban J connectivity index is 1.77. The molecule has 0 saturated carbocycles. The van der Waals surface area contributed by atoms with Crippen LogP contribution in [0.15, 0.2) is 54.9 Å². The highest BCUT2D eigenvalue weighted by molar-refractivity contribution is 5.53. The van der Waals surface area contributed by atoms with E-state index in [1.165, 1.54) is 12.1 Å². The molecule has 0 spiro atoms. The molecule has 7 nitrogen and oxygen atoms in total. The predicted octanol–water partition coefficient (Wildman–Crippen LogP) is 3.24. The molecule has 0 radical (unpaired) electrons. The van der Waals surface area contributed by atoms with E-state index >= 15 is 0 Å². The van der Waals surface area contributed by atoms with Crippen LogP contribution in [-0.2, 0) is 0 Å². The minimum absolute atomic E-state index is 0.0737. The molecule has 0 amide bonds. The third kappa shape index (κ3) is 3.65. The number of rotatable bonds is 7. The van der Waals surface area contributed by atoms with Gasteiger partial charge in [0.1, 0.15) is 23.1 Å². The maximum atomic E-state index is 13.4. The summed E-state index contributed by atoms with van der Waals surface area (Å²) in [4.78, 5) is 9.41. The summed E-state index contributed by atoms with van der Waals surface area (Å²) in [6, 6.07) is 11.9. The fourth-order valence-corrected chi connectivity index (χ4v) is 3.07. The van der Waals surface area contributed by atoms with E-state index in [1.807, 2.05) is 22.7 Å². The second-order valence-electron chi connectivity index (χ2n) is 6.21. The third-order valence-corrected chi connectivity index (χ3v) is 4.39. The highest BCUT2D eigenvalue weighted by atomic mass is 19.1. The van der Waals surface area contributed by atoms with Crippen LogP contribution in [0.25, 0.3) is 5.65 Å². The van der Waals surface area contributed by atoms with Crippen molar-refractivity contribution >= 4 is 17.4 Å². The van der Waals surface area contributed by atoms with Crippen LogP contribution in [0.2, 0.25) is 0 Å². The van der Waals surface area contributed by atoms with Crippen molar-refractivity contribution in [3.63, 3.8) is 0 Å². The van der Waals surface area contributed by atoms with E-state index in [0.29, 0.717) is 30.4 Å². The fourth-order valence-electron chi connectivity index (χ4n) is 3.07. The van der Waals surface area contributed by atoms with Gasteiger partial charge in [-0.1, -0.05) is 12.1 Å². The first-order valence-electron chi connectivity index (χ1n) is 8.72. The number of anilines is 2. The summed E-state index contributed by atoms with van der Waals surface area (Å²) in [5, 5.41) is 19.3. The maximum Gasteiger partial charge on any atom is 0.216 e. The van der Waals surface area contributed by atoms with Crippen molar-refractivity contribution in [2.75, 3.05) is 11.9 Å². The Morgan fingerprint density at radius 1 is 1.15 bits per heavy atom. The van der Waals surface area contributed by atoms with Crippen LogP contribution in [0.3, 0.4) is 0 Å². The van der Waals surface area contributed by atoms with Crippen molar-refractivity contribution in [3.05, 3.63) is 72.1 Å². The molecule has 0 saturated heterocycles. The number of H-pyrrole nitrogens is 1. The van der Waals surface area contributed by atoms with Gasteiger partial charge in [0.05, 0.1) is 6.20 Å². The van der Waals surface area contributed by atoms with Gasteiger partial charge < -0.3 is 10.4 Å². The van der Waals surface area contributed by atoms with Gasteiger partial charge in [-0.25, -0.2) is 9.37 Å². The minimum atomic E-state index is -0.288. The average Bonchev–Trinajstić information content (AvgIpc) is 3.35. The van der Waals surface area contributed by atoms with Gasteiger partial charge in [0.15, 0.2) is 0 Å². The largest absolute Gasteiger partial charge is 0.396 e. The Labute approximate surface area is 154 Å². The number of aliphatic hydroxyl groups is 1. The quantitative estimate of drug-likeness (QED) is 0.467. The molecule has 1 atom stereocenters. The molecule has 0 aliphatic rings. The molecule has 3 N–H and O–H groups in total. The van der Waals surface area contributed by atoms with Gasteiger partial charge >= 0.3 is 0 Å². The van der Waals surface area contributed by atoms with Gasteiger partial charge in [0.25, 0.3) is 0 Å². The van der Waals surface area contributed by atoms with Crippen LogP contribution in [0.5, 0.6) is 0 Å². The molecule has 3 aromatic heterocycles. The zero-order valence-electron chi connectivity index (χ0n) is 14.5. The molecule has 0 fully saturated rings. The molecule has 3 heterocycles. The molecule has 8 heteroatoms. The van der Waals surface area contributed by atoms with Gasteiger partial charge in [-0.3, -0.25) is 9.50 Å². The first-order chi connectivity index (χ1) is 13.2. The molecule has 4 rings (SSSR count). The Hall–Kier alpha value is -3.26. The smallest absolute Gasteiger partial charge is 0.216 e. The van der Waals surface area contributed by atoms with Gasteiger partial charge in [-0.05, 0) is 42.7 Å². The van der Waals surface area contributed by atoms with E-state index in [0.717, 1.165) is 11.2 Å². The Kier molecular flexibility index (Phi) is 4.80. The summed E-state index contributed by atoms with van der Waals surface area (Å²) in [6.07, 6.45) is 4.78. The summed E-state index contributed by atoms with van der Waals surface area (Å²) < 4.78 is 15.2. The Bertz CT molecular complexity index is 1010. The third-order valence-electron chi connectivity index (χ3n) is 4.39. The predicted molar refractivity (Wildman–Crippen MR) is 99.4 cm³/mol. The van der Waals surface area contributed by atoms with Crippen molar-refractivity contribution in [1.29, 1.82) is 0 Å². The van der Waals surface area contributed by atoms with E-state index in [9.17, 15) is 9.50 Å². The minimum Gasteiger partial charge on any atom is -0.396 e. The van der Waals surface area contributed by atoms with E-state index < -0.39 is 0 Å². The van der Waals surface area contributed by atoms with Gasteiger partial charge in [0, 0.05) is 24.8 Å². The first kappa shape index (κ1) is 17.2. The van der Waals surface area contributed by atoms with Gasteiger partial charge in [-0.2, -0.15) is 10.1 Å². The van der Waals surface area contributed by atoms with Crippen molar-refractivity contribution in [3.8, 4) is 0 Å². The molecule has 1 unspecified atom stereocenters. The SMILES string of the molecule is OCCCC(c1ccc(F)cc1)c1nc(Nc2ccn[nH]2)n2cccc2n1. The van der Waals surface area contributed by atoms with E-state index in [1.54, 1.807) is 24.4 Å². The summed E-state index contributed by atoms with van der Waals surface area (Å²) in [6.45, 7) is 0.0737. The normalized spacial score (nSPS) is 12.4. The number of hydrogen-bond donors (Lipinski definition) is 3.